The molecule has 24 heteroatoms. The number of nitrogen functional groups attached to an aromatic ring is 1. The van der Waals surface area contributed by atoms with Crippen LogP contribution in [0.15, 0.2) is 83.8 Å². The second-order valence-corrected chi connectivity index (χ2v) is 19.0. The van der Waals surface area contributed by atoms with Crippen molar-refractivity contribution in [2.24, 2.45) is 11.6 Å². The topological polar surface area (TPSA) is 340 Å². The van der Waals surface area contributed by atoms with Crippen LogP contribution < -0.4 is 54.4 Å². The summed E-state index contributed by atoms with van der Waals surface area (Å²) >= 11 is 0. The number of unbranched alkanes of at least 4 members (excludes halogenated alkanes) is 5. The third kappa shape index (κ3) is 23.1. The number of nitrogens with two attached hydrogens (primary N) is 3. The Morgan fingerprint density at radius 2 is 1.32 bits per heavy atom. The van der Waals surface area contributed by atoms with Gasteiger partial charge in [0.1, 0.15) is 0 Å². The fourth-order valence-electron chi connectivity index (χ4n) is 8.32. The van der Waals surface area contributed by atoms with E-state index >= 15 is 0 Å². The number of aromatic amines is 1. The Morgan fingerprint density at radius 3 is 2.02 bits per heavy atom. The van der Waals surface area contributed by atoms with Gasteiger partial charge in [-0.25, -0.2) is 15.8 Å². The second-order valence-electron chi connectivity index (χ2n) is 17.9. The number of nitrogens with zero attached hydrogens (tertiary/aromatic N) is 5. The Balaban J connectivity index is 0.00000284. The van der Waals surface area contributed by atoms with Crippen LogP contribution in [0, 0.1) is 0 Å². The summed E-state index contributed by atoms with van der Waals surface area (Å²) < 4.78 is 9.84. The number of rotatable bonds is 30. The summed E-state index contributed by atoms with van der Waals surface area (Å²) in [4.78, 5) is 103. The second kappa shape index (κ2) is 39.0. The lowest BCUT2D eigenvalue weighted by Crippen LogP contribution is -2.38. The molecule has 1 atom stereocenters. The van der Waals surface area contributed by atoms with Gasteiger partial charge >= 0.3 is 8.60 Å². The normalized spacial score (nSPS) is 12.6. The molecule has 6 rings (SSSR count). The van der Waals surface area contributed by atoms with Gasteiger partial charge in [0.05, 0.1) is 48.7 Å². The number of carbonyl (C=O) groups is 5. The van der Waals surface area contributed by atoms with Gasteiger partial charge in [-0.1, -0.05) is 103 Å². The largest absolute Gasteiger partial charge is 0.396 e. The van der Waals surface area contributed by atoms with E-state index in [2.05, 4.69) is 46.5 Å². The van der Waals surface area contributed by atoms with Crippen molar-refractivity contribution >= 4 is 78.0 Å². The van der Waals surface area contributed by atoms with Gasteiger partial charge in [0.15, 0.2) is 11.2 Å². The molecule has 82 heavy (non-hydrogen) atoms. The minimum absolute atomic E-state index is 0.00642. The number of amides is 5. The molecule has 1 unspecified atom stereocenters. The van der Waals surface area contributed by atoms with Crippen LogP contribution in [0.25, 0.3) is 22.6 Å². The fourth-order valence-corrected chi connectivity index (χ4v) is 8.71. The van der Waals surface area contributed by atoms with Crippen LogP contribution in [-0.2, 0) is 41.3 Å². The zero-order valence-electron chi connectivity index (χ0n) is 48.8. The van der Waals surface area contributed by atoms with E-state index in [4.69, 9.17) is 26.4 Å². The molecule has 3 heterocycles. The average Bonchev–Trinajstić information content (AvgIpc) is 2.95. The predicted octanol–water partition coefficient (Wildman–Crippen LogP) is 7.13. The van der Waals surface area contributed by atoms with Crippen molar-refractivity contribution in [3.63, 3.8) is 0 Å². The molecule has 0 saturated carbocycles. The summed E-state index contributed by atoms with van der Waals surface area (Å²) in [5.74, 6) is 5.62. The molecule has 0 fully saturated rings. The van der Waals surface area contributed by atoms with Gasteiger partial charge in [-0.2, -0.15) is 4.98 Å². The highest BCUT2D eigenvalue weighted by atomic mass is 31.2. The SMILES string of the molecule is CC.CC.CC.COP(O)OCCCCCCNC(=O)CCCCCN(N)/C1=C(\N)c2ccccc2CN(C(=O)CCC(=O)NCCNC(=O)CCCNC(=O)c2ccc(NCc3cnc4nc(N)[nH]c(=O)c4n3)cc2)c2ccccc21. The van der Waals surface area contributed by atoms with E-state index in [-0.39, 0.29) is 98.6 Å². The molecule has 1 aliphatic heterocycles. The number of anilines is 3. The fraction of sp³-hybridized carbons (Fsp3) is 0.466. The van der Waals surface area contributed by atoms with Crippen LogP contribution in [0.2, 0.25) is 0 Å². The van der Waals surface area contributed by atoms with Gasteiger partial charge < -0.3 is 61.9 Å². The Morgan fingerprint density at radius 1 is 0.707 bits per heavy atom. The highest BCUT2D eigenvalue weighted by Crippen LogP contribution is 2.37. The first-order valence-corrected chi connectivity index (χ1v) is 29.5. The maximum Gasteiger partial charge on any atom is 0.329 e. The summed E-state index contributed by atoms with van der Waals surface area (Å²) in [5.41, 5.74) is 17.8. The van der Waals surface area contributed by atoms with Gasteiger partial charge in [-0.05, 0) is 68.0 Å². The summed E-state index contributed by atoms with van der Waals surface area (Å²) in [6, 6.07) is 21.8. The number of carbonyl (C=O) groups excluding carboxylic acids is 5. The van der Waals surface area contributed by atoms with Crippen molar-refractivity contribution in [3.8, 4) is 0 Å². The van der Waals surface area contributed by atoms with Crippen LogP contribution >= 0.6 is 8.60 Å². The molecule has 23 nitrogen and oxygen atoms in total. The van der Waals surface area contributed by atoms with E-state index in [0.717, 1.165) is 43.2 Å². The molecular formula is C58H87N14O9P. The van der Waals surface area contributed by atoms with Crippen LogP contribution in [0.4, 0.5) is 17.3 Å². The van der Waals surface area contributed by atoms with Crippen LogP contribution in [0.5, 0.6) is 0 Å². The van der Waals surface area contributed by atoms with E-state index in [1.807, 2.05) is 90.1 Å². The van der Waals surface area contributed by atoms with E-state index in [0.29, 0.717) is 85.0 Å². The van der Waals surface area contributed by atoms with Gasteiger partial charge in [-0.3, -0.25) is 33.8 Å². The van der Waals surface area contributed by atoms with Crippen LogP contribution in [0.1, 0.15) is 151 Å². The molecule has 5 aromatic rings. The number of H-pyrrole nitrogens is 1. The quantitative estimate of drug-likeness (QED) is 0.00945. The molecule has 0 saturated heterocycles. The molecule has 1 aliphatic rings. The molecule has 2 aromatic heterocycles. The van der Waals surface area contributed by atoms with E-state index in [1.54, 1.807) is 34.2 Å². The third-order valence-corrected chi connectivity index (χ3v) is 13.0. The Hall–Kier alpha value is -7.56. The van der Waals surface area contributed by atoms with Gasteiger partial charge in [0.25, 0.3) is 11.5 Å². The summed E-state index contributed by atoms with van der Waals surface area (Å²) in [5, 5.41) is 16.1. The smallest absolute Gasteiger partial charge is 0.329 e. The summed E-state index contributed by atoms with van der Waals surface area (Å²) in [6.07, 6.45) is 8.00. The molecule has 0 bridgehead atoms. The number of hydrogen-bond donors (Lipinski definition) is 10. The number of nitrogens with one attached hydrogen (secondary N) is 6. The first-order valence-electron chi connectivity index (χ1n) is 28.4. The van der Waals surface area contributed by atoms with E-state index in [1.165, 1.54) is 13.3 Å². The van der Waals surface area contributed by atoms with Crippen molar-refractivity contribution in [3.05, 3.63) is 117 Å². The average molecular weight is 1160 g/mol. The van der Waals surface area contributed by atoms with E-state index in [9.17, 15) is 33.7 Å². The summed E-state index contributed by atoms with van der Waals surface area (Å²) in [7, 11) is -0.392. The Labute approximate surface area is 483 Å². The van der Waals surface area contributed by atoms with Gasteiger partial charge in [0.2, 0.25) is 29.6 Å². The third-order valence-electron chi connectivity index (χ3n) is 12.3. The zero-order chi connectivity index (χ0) is 60.2. The molecule has 0 spiro atoms. The first-order chi connectivity index (χ1) is 39.8. The lowest BCUT2D eigenvalue weighted by Gasteiger charge is -2.33. The zero-order valence-corrected chi connectivity index (χ0v) is 49.7. The van der Waals surface area contributed by atoms with Crippen LogP contribution in [-0.4, -0.2) is 106 Å². The maximum absolute atomic E-state index is 14.1. The number of hydrazine groups is 1. The molecular weight excluding hydrogens is 1070 g/mol. The van der Waals surface area contributed by atoms with Gasteiger partial charge in [-0.15, -0.1) is 0 Å². The van der Waals surface area contributed by atoms with Crippen molar-refractivity contribution < 1.29 is 37.9 Å². The molecule has 448 valence electrons. The van der Waals surface area contributed by atoms with Gasteiger partial charge in [0, 0.05) is 87.9 Å². The molecule has 5 amide bonds. The molecule has 0 aliphatic carbocycles. The lowest BCUT2D eigenvalue weighted by atomic mass is 9.95. The Kier molecular flexibility index (Phi) is 32.7. The Bertz CT molecular complexity index is 2850. The molecule has 3 aromatic carbocycles. The minimum atomic E-state index is -1.79. The lowest BCUT2D eigenvalue weighted by molar-refractivity contribution is -0.125. The highest BCUT2D eigenvalue weighted by Gasteiger charge is 2.28. The standard InChI is InChI=1S/C52H69N14O9P.3C2H6/c1-74-76(73)75-31-12-3-2-10-26-56-42(67)18-5-4-11-30-66(55)48-40-16-8-9-17-41(40)65(34-36-14-6-7-15-39(36)46(48)53)45(70)25-24-44(69)58-29-28-57-43(68)19-13-27-59-50(71)35-20-22-37(23-21-35)60-32-38-33-61-49-47(62-38)51(72)64-52(54)63-49;3*1-2/h6-9,14-17,20-23,33,60,73H,2-5,10-13,18-19,24-32,34,53,55H2,1H3,(H,56,67)(H,57,68)(H,58,69)(H,59,71)(H3,54,61,63,64,72);3*1-2H3/b48-46-;;;. The van der Waals surface area contributed by atoms with Crippen LogP contribution in [0.3, 0.4) is 0 Å². The number of para-hydroxylation sites is 1. The number of aromatic nitrogens is 4. The first kappa shape index (κ1) is 68.7. The molecule has 0 radical (unpaired) electrons. The number of fused-ring (bicyclic) bond motifs is 3. The summed E-state index contributed by atoms with van der Waals surface area (Å²) in [6.45, 7) is 14.6. The van der Waals surface area contributed by atoms with Crippen molar-refractivity contribution in [1.82, 2.24) is 46.2 Å². The maximum atomic E-state index is 14.1. The predicted molar refractivity (Wildman–Crippen MR) is 325 cm³/mol. The van der Waals surface area contributed by atoms with E-state index < -0.39 is 14.2 Å². The monoisotopic (exact) mass is 1150 g/mol. The van der Waals surface area contributed by atoms with Crippen molar-refractivity contribution in [2.75, 3.05) is 62.4 Å². The number of hydrogen-bond acceptors (Lipinski definition) is 17. The number of benzene rings is 3. The minimum Gasteiger partial charge on any atom is -0.396 e. The van der Waals surface area contributed by atoms with Crippen molar-refractivity contribution in [1.29, 1.82) is 0 Å². The molecule has 13 N–H and O–H groups in total. The van der Waals surface area contributed by atoms with Crippen molar-refractivity contribution in [2.45, 2.75) is 132 Å². The highest BCUT2D eigenvalue weighted by molar-refractivity contribution is 7.40.